The molecule has 1 unspecified atom stereocenters. The van der Waals surface area contributed by atoms with Gasteiger partial charge in [-0.15, -0.1) is 0 Å². The fraction of sp³-hybridized carbons (Fsp3) is 0.429. The van der Waals surface area contributed by atoms with Crippen LogP contribution in [0.4, 0.5) is 0 Å². The highest BCUT2D eigenvalue weighted by Gasteiger charge is 2.31. The number of aliphatic imine (C=N–C) groups is 1. The number of hydrogen-bond acceptors (Lipinski definition) is 3. The van der Waals surface area contributed by atoms with Crippen molar-refractivity contribution in [2.75, 3.05) is 13.2 Å². The second kappa shape index (κ2) is 6.22. The molecule has 1 aromatic rings. The summed E-state index contributed by atoms with van der Waals surface area (Å²) >= 11 is 0. The molecule has 5 nitrogen and oxygen atoms in total. The van der Waals surface area contributed by atoms with Gasteiger partial charge in [-0.05, 0) is 19.4 Å². The molecule has 2 rings (SSSR count). The normalized spacial score (nSPS) is 20.2. The molecule has 0 spiro atoms. The number of ether oxygens (including phenoxy) is 1. The largest absolute Gasteiger partial charge is 0.494 e. The highest BCUT2D eigenvalue weighted by Crippen LogP contribution is 2.26. The molecule has 19 heavy (non-hydrogen) atoms. The smallest absolute Gasteiger partial charge is 0.254 e. The Kier molecular flexibility index (Phi) is 4.39. The standard InChI is InChI=1S/C14H19N3O2/c1-3-9-15-14-16-12(13(18)17-14)10-7-5-6-8-11(10)19-4-2/h5-8,12H,3-4,9H2,1-2H3,(H2,15,16,17,18). The Morgan fingerprint density at radius 3 is 2.84 bits per heavy atom. The predicted octanol–water partition coefficient (Wildman–Crippen LogP) is 1.61. The quantitative estimate of drug-likeness (QED) is 0.846. The summed E-state index contributed by atoms with van der Waals surface area (Å²) in [6.07, 6.45) is 0.946. The van der Waals surface area contributed by atoms with Gasteiger partial charge in [-0.3, -0.25) is 15.1 Å². The average molecular weight is 261 g/mol. The lowest BCUT2D eigenvalue weighted by atomic mass is 10.1. The van der Waals surface area contributed by atoms with E-state index in [1.165, 1.54) is 0 Å². The first kappa shape index (κ1) is 13.4. The summed E-state index contributed by atoms with van der Waals surface area (Å²) < 4.78 is 5.55. The van der Waals surface area contributed by atoms with Crippen LogP contribution in [0.5, 0.6) is 5.75 Å². The summed E-state index contributed by atoms with van der Waals surface area (Å²) in [5.41, 5.74) is 0.837. The fourth-order valence-corrected chi connectivity index (χ4v) is 1.96. The van der Waals surface area contributed by atoms with Gasteiger partial charge in [0.1, 0.15) is 11.8 Å². The summed E-state index contributed by atoms with van der Waals surface area (Å²) in [7, 11) is 0. The van der Waals surface area contributed by atoms with Crippen molar-refractivity contribution in [3.8, 4) is 5.75 Å². The number of hydrogen-bond donors (Lipinski definition) is 2. The zero-order valence-electron chi connectivity index (χ0n) is 11.3. The second-order valence-electron chi connectivity index (χ2n) is 4.27. The molecule has 1 heterocycles. The van der Waals surface area contributed by atoms with Crippen LogP contribution in [-0.4, -0.2) is 25.0 Å². The third kappa shape index (κ3) is 3.05. The van der Waals surface area contributed by atoms with Gasteiger partial charge in [0.2, 0.25) is 0 Å². The van der Waals surface area contributed by atoms with E-state index in [2.05, 4.69) is 15.6 Å². The summed E-state index contributed by atoms with van der Waals surface area (Å²) in [6, 6.07) is 7.12. The number of para-hydroxylation sites is 1. The lowest BCUT2D eigenvalue weighted by Crippen LogP contribution is -2.25. The summed E-state index contributed by atoms with van der Waals surface area (Å²) in [6.45, 7) is 5.24. The summed E-state index contributed by atoms with van der Waals surface area (Å²) in [5, 5.41) is 5.85. The van der Waals surface area contributed by atoms with Crippen LogP contribution in [0.3, 0.4) is 0 Å². The van der Waals surface area contributed by atoms with E-state index in [-0.39, 0.29) is 5.91 Å². The van der Waals surface area contributed by atoms with Gasteiger partial charge in [-0.25, -0.2) is 0 Å². The zero-order valence-corrected chi connectivity index (χ0v) is 11.3. The van der Waals surface area contributed by atoms with Gasteiger partial charge in [0.15, 0.2) is 5.96 Å². The topological polar surface area (TPSA) is 62.7 Å². The molecule has 0 aliphatic carbocycles. The highest BCUT2D eigenvalue weighted by atomic mass is 16.5. The molecule has 1 aliphatic rings. The Morgan fingerprint density at radius 1 is 1.32 bits per heavy atom. The second-order valence-corrected chi connectivity index (χ2v) is 4.27. The molecule has 1 atom stereocenters. The number of guanidine groups is 1. The Balaban J connectivity index is 2.20. The minimum absolute atomic E-state index is 0.0954. The Bertz CT molecular complexity index is 485. The number of benzene rings is 1. The fourth-order valence-electron chi connectivity index (χ4n) is 1.96. The van der Waals surface area contributed by atoms with E-state index in [0.29, 0.717) is 19.1 Å². The molecule has 0 saturated carbocycles. The monoisotopic (exact) mass is 261 g/mol. The van der Waals surface area contributed by atoms with Gasteiger partial charge in [-0.2, -0.15) is 0 Å². The van der Waals surface area contributed by atoms with Crippen molar-refractivity contribution in [2.45, 2.75) is 26.3 Å². The molecule has 0 bridgehead atoms. The number of amides is 1. The maximum Gasteiger partial charge on any atom is 0.254 e. The van der Waals surface area contributed by atoms with Crippen LogP contribution >= 0.6 is 0 Å². The van der Waals surface area contributed by atoms with Crippen molar-refractivity contribution in [3.63, 3.8) is 0 Å². The number of nitrogens with zero attached hydrogens (tertiary/aromatic N) is 1. The van der Waals surface area contributed by atoms with Crippen LogP contribution in [0.1, 0.15) is 31.9 Å². The van der Waals surface area contributed by atoms with E-state index in [1.54, 1.807) is 0 Å². The first-order valence-corrected chi connectivity index (χ1v) is 6.59. The molecule has 1 amide bonds. The van der Waals surface area contributed by atoms with Crippen LogP contribution in [0, 0.1) is 0 Å². The maximum atomic E-state index is 12.0. The number of carbonyl (C=O) groups is 1. The van der Waals surface area contributed by atoms with Crippen LogP contribution < -0.4 is 15.4 Å². The minimum Gasteiger partial charge on any atom is -0.494 e. The Hall–Kier alpha value is -2.04. The molecule has 1 aliphatic heterocycles. The van der Waals surface area contributed by atoms with Crippen molar-refractivity contribution in [2.24, 2.45) is 4.99 Å². The van der Waals surface area contributed by atoms with Crippen LogP contribution in [0.15, 0.2) is 29.3 Å². The molecule has 5 heteroatoms. The first-order valence-electron chi connectivity index (χ1n) is 6.59. The average Bonchev–Trinajstić information content (AvgIpc) is 2.78. The predicted molar refractivity (Wildman–Crippen MR) is 74.2 cm³/mol. The number of nitrogens with one attached hydrogen (secondary N) is 2. The molecular formula is C14H19N3O2. The van der Waals surface area contributed by atoms with Crippen molar-refractivity contribution in [1.29, 1.82) is 0 Å². The molecule has 1 aromatic carbocycles. The SMILES string of the molecule is CCCN=C1NC(=O)C(c2ccccc2OCC)N1. The Labute approximate surface area is 113 Å². The van der Waals surface area contributed by atoms with Crippen molar-refractivity contribution in [1.82, 2.24) is 10.6 Å². The van der Waals surface area contributed by atoms with Gasteiger partial charge in [0.05, 0.1) is 6.61 Å². The molecule has 2 N–H and O–H groups in total. The van der Waals surface area contributed by atoms with Gasteiger partial charge < -0.3 is 10.1 Å². The molecular weight excluding hydrogens is 242 g/mol. The maximum absolute atomic E-state index is 12.0. The summed E-state index contributed by atoms with van der Waals surface area (Å²) in [5.74, 6) is 1.18. The van der Waals surface area contributed by atoms with Crippen molar-refractivity contribution >= 4 is 11.9 Å². The van der Waals surface area contributed by atoms with Gasteiger partial charge >= 0.3 is 0 Å². The van der Waals surface area contributed by atoms with Crippen molar-refractivity contribution < 1.29 is 9.53 Å². The molecule has 1 saturated heterocycles. The van der Waals surface area contributed by atoms with Crippen LogP contribution in [0.25, 0.3) is 0 Å². The van der Waals surface area contributed by atoms with Gasteiger partial charge in [0, 0.05) is 12.1 Å². The van der Waals surface area contributed by atoms with E-state index in [0.717, 1.165) is 17.7 Å². The van der Waals surface area contributed by atoms with E-state index < -0.39 is 6.04 Å². The Morgan fingerprint density at radius 2 is 2.11 bits per heavy atom. The highest BCUT2D eigenvalue weighted by molar-refractivity contribution is 6.07. The molecule has 1 fully saturated rings. The van der Waals surface area contributed by atoms with Crippen LogP contribution in [-0.2, 0) is 4.79 Å². The van der Waals surface area contributed by atoms with Crippen LogP contribution in [0.2, 0.25) is 0 Å². The van der Waals surface area contributed by atoms with E-state index >= 15 is 0 Å². The van der Waals surface area contributed by atoms with Gasteiger partial charge in [0.25, 0.3) is 5.91 Å². The van der Waals surface area contributed by atoms with E-state index in [4.69, 9.17) is 4.74 Å². The third-order valence-corrected chi connectivity index (χ3v) is 2.81. The lowest BCUT2D eigenvalue weighted by molar-refractivity contribution is -0.120. The lowest BCUT2D eigenvalue weighted by Gasteiger charge is -2.13. The number of carbonyl (C=O) groups excluding carboxylic acids is 1. The third-order valence-electron chi connectivity index (χ3n) is 2.81. The molecule has 0 aromatic heterocycles. The van der Waals surface area contributed by atoms with E-state index in [9.17, 15) is 4.79 Å². The first-order chi connectivity index (χ1) is 9.26. The van der Waals surface area contributed by atoms with E-state index in [1.807, 2.05) is 38.1 Å². The number of rotatable bonds is 5. The van der Waals surface area contributed by atoms with Gasteiger partial charge in [-0.1, -0.05) is 25.1 Å². The summed E-state index contributed by atoms with van der Waals surface area (Å²) in [4.78, 5) is 16.3. The minimum atomic E-state index is -0.432. The molecule has 102 valence electrons. The molecule has 0 radical (unpaired) electrons. The van der Waals surface area contributed by atoms with Crippen molar-refractivity contribution in [3.05, 3.63) is 29.8 Å². The zero-order chi connectivity index (χ0) is 13.7.